The Balaban J connectivity index is 2.02. The summed E-state index contributed by atoms with van der Waals surface area (Å²) in [4.78, 5) is 4.20. The molecule has 0 radical (unpaired) electrons. The van der Waals surface area contributed by atoms with Crippen LogP contribution in [0, 0.1) is 5.82 Å². The van der Waals surface area contributed by atoms with Gasteiger partial charge in [0.15, 0.2) is 0 Å². The van der Waals surface area contributed by atoms with Gasteiger partial charge in [-0.1, -0.05) is 11.6 Å². The molecule has 1 aromatic heterocycles. The van der Waals surface area contributed by atoms with Crippen LogP contribution in [0.15, 0.2) is 41.0 Å². The highest BCUT2D eigenvalue weighted by molar-refractivity contribution is 9.10. The topological polar surface area (TPSA) is 24.9 Å². The van der Waals surface area contributed by atoms with Gasteiger partial charge in [0.05, 0.1) is 17.3 Å². The summed E-state index contributed by atoms with van der Waals surface area (Å²) >= 11 is 8.91. The van der Waals surface area contributed by atoms with Gasteiger partial charge in [0.25, 0.3) is 0 Å². The van der Waals surface area contributed by atoms with Crippen LogP contribution in [0.3, 0.4) is 0 Å². The van der Waals surface area contributed by atoms with E-state index in [0.717, 1.165) is 10.2 Å². The molecule has 0 aliphatic carbocycles. The first-order valence-electron chi connectivity index (χ1n) is 4.94. The molecule has 1 heterocycles. The van der Waals surface area contributed by atoms with E-state index in [0.29, 0.717) is 12.2 Å². The average molecular weight is 316 g/mol. The van der Waals surface area contributed by atoms with Crippen LogP contribution in [0.4, 0.5) is 10.1 Å². The molecule has 0 aliphatic heterocycles. The van der Waals surface area contributed by atoms with Crippen molar-refractivity contribution in [3.8, 4) is 0 Å². The lowest BCUT2D eigenvalue weighted by atomic mass is 10.3. The van der Waals surface area contributed by atoms with E-state index in [1.807, 2.05) is 12.1 Å². The van der Waals surface area contributed by atoms with Gasteiger partial charge in [-0.2, -0.15) is 0 Å². The van der Waals surface area contributed by atoms with E-state index in [9.17, 15) is 4.39 Å². The predicted octanol–water partition coefficient (Wildman–Crippen LogP) is 4.25. The van der Waals surface area contributed by atoms with Crippen LogP contribution in [-0.4, -0.2) is 4.98 Å². The predicted molar refractivity (Wildman–Crippen MR) is 70.7 cm³/mol. The Labute approximate surface area is 112 Å². The summed E-state index contributed by atoms with van der Waals surface area (Å²) in [5.41, 5.74) is 1.56. The highest BCUT2D eigenvalue weighted by atomic mass is 79.9. The normalized spacial score (nSPS) is 10.3. The summed E-state index contributed by atoms with van der Waals surface area (Å²) in [7, 11) is 0. The molecule has 0 aliphatic rings. The number of nitrogens with one attached hydrogen (secondary N) is 1. The summed E-state index contributed by atoms with van der Waals surface area (Å²) in [5, 5.41) is 3.19. The van der Waals surface area contributed by atoms with Crippen LogP contribution in [0.5, 0.6) is 0 Å². The molecular formula is C12H9BrClFN2. The molecule has 88 valence electrons. The lowest BCUT2D eigenvalue weighted by molar-refractivity contribution is 0.628. The summed E-state index contributed by atoms with van der Waals surface area (Å²) in [6.45, 7) is 0.536. The maximum Gasteiger partial charge on any atom is 0.143 e. The van der Waals surface area contributed by atoms with Crippen molar-refractivity contribution in [1.82, 2.24) is 4.98 Å². The van der Waals surface area contributed by atoms with Crippen molar-refractivity contribution in [2.45, 2.75) is 6.54 Å². The summed E-state index contributed by atoms with van der Waals surface area (Å²) in [5.74, 6) is -0.430. The van der Waals surface area contributed by atoms with E-state index in [2.05, 4.69) is 26.2 Å². The van der Waals surface area contributed by atoms with Gasteiger partial charge >= 0.3 is 0 Å². The van der Waals surface area contributed by atoms with Gasteiger partial charge in [-0.3, -0.25) is 4.98 Å². The van der Waals surface area contributed by atoms with E-state index in [1.165, 1.54) is 12.1 Å². The van der Waals surface area contributed by atoms with E-state index < -0.39 is 5.82 Å². The molecule has 1 aromatic carbocycles. The van der Waals surface area contributed by atoms with E-state index in [1.54, 1.807) is 12.3 Å². The molecular weight excluding hydrogens is 307 g/mol. The van der Waals surface area contributed by atoms with Gasteiger partial charge in [0.2, 0.25) is 0 Å². The average Bonchev–Trinajstić information content (AvgIpc) is 2.33. The van der Waals surface area contributed by atoms with Gasteiger partial charge in [-0.05, 0) is 46.3 Å². The summed E-state index contributed by atoms with van der Waals surface area (Å²) in [6, 6.07) is 8.41. The van der Waals surface area contributed by atoms with E-state index in [-0.39, 0.29) is 5.02 Å². The fourth-order valence-corrected chi connectivity index (χ4v) is 1.66. The van der Waals surface area contributed by atoms with Crippen molar-refractivity contribution in [2.75, 3.05) is 5.32 Å². The Morgan fingerprint density at radius 2 is 2.12 bits per heavy atom. The zero-order valence-electron chi connectivity index (χ0n) is 8.75. The second-order valence-corrected chi connectivity index (χ2v) is 4.77. The van der Waals surface area contributed by atoms with E-state index >= 15 is 0 Å². The zero-order chi connectivity index (χ0) is 12.3. The first-order chi connectivity index (χ1) is 8.15. The largest absolute Gasteiger partial charge is 0.379 e. The third kappa shape index (κ3) is 3.41. The van der Waals surface area contributed by atoms with Crippen LogP contribution in [-0.2, 0) is 6.54 Å². The molecule has 0 fully saturated rings. The number of nitrogens with zero attached hydrogens (tertiary/aromatic N) is 1. The Bertz CT molecular complexity index is 516. The molecule has 17 heavy (non-hydrogen) atoms. The SMILES string of the molecule is Fc1cc(NCc2ccc(Br)cn2)ccc1Cl. The number of aromatic nitrogens is 1. The van der Waals surface area contributed by atoms with Crippen molar-refractivity contribution >= 4 is 33.2 Å². The van der Waals surface area contributed by atoms with Gasteiger partial charge in [0.1, 0.15) is 5.82 Å². The molecule has 0 spiro atoms. The lowest BCUT2D eigenvalue weighted by Crippen LogP contribution is -2.01. The van der Waals surface area contributed by atoms with Crippen molar-refractivity contribution in [3.63, 3.8) is 0 Å². The highest BCUT2D eigenvalue weighted by Crippen LogP contribution is 2.19. The third-order valence-electron chi connectivity index (χ3n) is 2.18. The van der Waals surface area contributed by atoms with Gasteiger partial charge in [0, 0.05) is 16.4 Å². The maximum absolute atomic E-state index is 13.2. The minimum atomic E-state index is -0.430. The van der Waals surface area contributed by atoms with Crippen LogP contribution >= 0.6 is 27.5 Å². The Kier molecular flexibility index (Phi) is 3.97. The zero-order valence-corrected chi connectivity index (χ0v) is 11.1. The number of rotatable bonds is 3. The molecule has 0 saturated carbocycles. The fourth-order valence-electron chi connectivity index (χ4n) is 1.31. The quantitative estimate of drug-likeness (QED) is 0.916. The summed E-state index contributed by atoms with van der Waals surface area (Å²) in [6.07, 6.45) is 1.72. The molecule has 2 nitrogen and oxygen atoms in total. The van der Waals surface area contributed by atoms with Crippen LogP contribution in [0.1, 0.15) is 5.69 Å². The standard InChI is InChI=1S/C12H9BrClFN2/c13-8-1-2-10(16-6-8)7-17-9-3-4-11(14)12(15)5-9/h1-6,17H,7H2. The second kappa shape index (κ2) is 5.47. The smallest absolute Gasteiger partial charge is 0.143 e. The highest BCUT2D eigenvalue weighted by Gasteiger charge is 2.01. The number of hydrogen-bond donors (Lipinski definition) is 1. The lowest BCUT2D eigenvalue weighted by Gasteiger charge is -2.06. The third-order valence-corrected chi connectivity index (χ3v) is 2.96. The molecule has 0 bridgehead atoms. The molecule has 0 atom stereocenters. The molecule has 5 heteroatoms. The Morgan fingerprint density at radius 3 is 2.76 bits per heavy atom. The van der Waals surface area contributed by atoms with Gasteiger partial charge < -0.3 is 5.32 Å². The fraction of sp³-hybridized carbons (Fsp3) is 0.0833. The first kappa shape index (κ1) is 12.3. The Morgan fingerprint density at radius 1 is 1.29 bits per heavy atom. The molecule has 2 aromatic rings. The minimum Gasteiger partial charge on any atom is -0.379 e. The van der Waals surface area contributed by atoms with Crippen molar-refractivity contribution in [1.29, 1.82) is 0 Å². The molecule has 2 rings (SSSR count). The van der Waals surface area contributed by atoms with Crippen molar-refractivity contribution in [2.24, 2.45) is 0 Å². The number of anilines is 1. The summed E-state index contributed by atoms with van der Waals surface area (Å²) < 4.78 is 14.1. The van der Waals surface area contributed by atoms with E-state index in [4.69, 9.17) is 11.6 Å². The second-order valence-electron chi connectivity index (χ2n) is 3.45. The number of benzene rings is 1. The maximum atomic E-state index is 13.2. The van der Waals surface area contributed by atoms with Crippen molar-refractivity contribution < 1.29 is 4.39 Å². The van der Waals surface area contributed by atoms with Crippen LogP contribution in [0.25, 0.3) is 0 Å². The number of hydrogen-bond acceptors (Lipinski definition) is 2. The first-order valence-corrected chi connectivity index (χ1v) is 6.11. The molecule has 1 N–H and O–H groups in total. The molecule has 0 amide bonds. The minimum absolute atomic E-state index is 0.123. The van der Waals surface area contributed by atoms with Crippen LogP contribution < -0.4 is 5.32 Å². The monoisotopic (exact) mass is 314 g/mol. The van der Waals surface area contributed by atoms with Gasteiger partial charge in [-0.15, -0.1) is 0 Å². The number of halogens is 3. The van der Waals surface area contributed by atoms with Crippen LogP contribution in [0.2, 0.25) is 5.02 Å². The Hall–Kier alpha value is -1.13. The van der Waals surface area contributed by atoms with Crippen molar-refractivity contribution in [3.05, 3.63) is 57.5 Å². The number of pyridine rings is 1. The van der Waals surface area contributed by atoms with Gasteiger partial charge in [-0.25, -0.2) is 4.39 Å². The molecule has 0 unspecified atom stereocenters. The molecule has 0 saturated heterocycles.